The van der Waals surface area contributed by atoms with Crippen molar-refractivity contribution in [2.24, 2.45) is 0 Å². The largest absolute Gasteiger partial charge is 0.466 e. The summed E-state index contributed by atoms with van der Waals surface area (Å²) in [6.45, 7) is 4.99. The maximum absolute atomic E-state index is 12.4. The number of aryl methyl sites for hydroxylation is 1. The fraction of sp³-hybridized carbons (Fsp3) is 0.529. The van der Waals surface area contributed by atoms with Crippen LogP contribution in [0.1, 0.15) is 49.8 Å². The Hall–Kier alpha value is -1.84. The molecule has 0 bridgehead atoms. The van der Waals surface area contributed by atoms with E-state index >= 15 is 0 Å². The van der Waals surface area contributed by atoms with Crippen LogP contribution in [0.15, 0.2) is 24.3 Å². The van der Waals surface area contributed by atoms with Gasteiger partial charge in [0.2, 0.25) is 5.91 Å². The molecule has 0 spiro atoms. The Morgan fingerprint density at radius 2 is 2.05 bits per heavy atom. The lowest BCUT2D eigenvalue weighted by atomic mass is 9.99. The molecule has 4 heteroatoms. The molecule has 1 heterocycles. The molecule has 1 fully saturated rings. The van der Waals surface area contributed by atoms with Gasteiger partial charge < -0.3 is 9.64 Å². The number of hydrogen-bond acceptors (Lipinski definition) is 3. The van der Waals surface area contributed by atoms with Gasteiger partial charge in [0.05, 0.1) is 19.1 Å². The first kappa shape index (κ1) is 15.5. The zero-order chi connectivity index (χ0) is 15.2. The highest BCUT2D eigenvalue weighted by Crippen LogP contribution is 2.34. The summed E-state index contributed by atoms with van der Waals surface area (Å²) in [7, 11) is 0. The van der Waals surface area contributed by atoms with Crippen molar-refractivity contribution < 1.29 is 14.3 Å². The second-order valence-corrected chi connectivity index (χ2v) is 5.41. The Kier molecular flexibility index (Phi) is 5.37. The van der Waals surface area contributed by atoms with Crippen LogP contribution in [-0.2, 0) is 14.3 Å². The van der Waals surface area contributed by atoms with Gasteiger partial charge >= 0.3 is 5.97 Å². The number of nitrogens with zero attached hydrogens (tertiary/aromatic N) is 1. The number of rotatable bonds is 5. The van der Waals surface area contributed by atoms with Gasteiger partial charge in [0, 0.05) is 13.0 Å². The van der Waals surface area contributed by atoms with Crippen molar-refractivity contribution in [1.29, 1.82) is 0 Å². The molecule has 1 aliphatic rings. The SMILES string of the molecule is CCOC(=O)CCC(=O)N1CCCC1c1ccccc1C. The second kappa shape index (κ2) is 7.25. The summed E-state index contributed by atoms with van der Waals surface area (Å²) in [6, 6.07) is 8.36. The van der Waals surface area contributed by atoms with Gasteiger partial charge in [0.1, 0.15) is 0 Å². The molecule has 1 aliphatic heterocycles. The minimum absolute atomic E-state index is 0.0498. The Balaban J connectivity index is 2.00. The number of hydrogen-bond donors (Lipinski definition) is 0. The van der Waals surface area contributed by atoms with E-state index in [0.29, 0.717) is 6.61 Å². The standard InChI is InChI=1S/C17H23NO3/c1-3-21-17(20)11-10-16(19)18-12-6-9-15(18)14-8-5-4-7-13(14)2/h4-5,7-8,15H,3,6,9-12H2,1-2H3. The second-order valence-electron chi connectivity index (χ2n) is 5.41. The van der Waals surface area contributed by atoms with E-state index in [2.05, 4.69) is 19.1 Å². The van der Waals surface area contributed by atoms with E-state index in [0.717, 1.165) is 19.4 Å². The van der Waals surface area contributed by atoms with Gasteiger partial charge in [-0.1, -0.05) is 24.3 Å². The van der Waals surface area contributed by atoms with Crippen molar-refractivity contribution in [3.05, 3.63) is 35.4 Å². The normalized spacial score (nSPS) is 17.8. The molecule has 0 aliphatic carbocycles. The van der Waals surface area contributed by atoms with Crippen LogP contribution in [-0.4, -0.2) is 29.9 Å². The van der Waals surface area contributed by atoms with Gasteiger partial charge in [-0.05, 0) is 37.8 Å². The monoisotopic (exact) mass is 289 g/mol. The number of likely N-dealkylation sites (tertiary alicyclic amines) is 1. The molecule has 4 nitrogen and oxygen atoms in total. The van der Waals surface area contributed by atoms with Crippen molar-refractivity contribution >= 4 is 11.9 Å². The highest BCUT2D eigenvalue weighted by Gasteiger charge is 2.30. The Morgan fingerprint density at radius 3 is 2.76 bits per heavy atom. The number of carbonyl (C=O) groups is 2. The summed E-state index contributed by atoms with van der Waals surface area (Å²) >= 11 is 0. The van der Waals surface area contributed by atoms with Crippen molar-refractivity contribution in [3.8, 4) is 0 Å². The quantitative estimate of drug-likeness (QED) is 0.783. The van der Waals surface area contributed by atoms with Crippen LogP contribution >= 0.6 is 0 Å². The summed E-state index contributed by atoms with van der Waals surface area (Å²) in [5.74, 6) is -0.244. The summed E-state index contributed by atoms with van der Waals surface area (Å²) in [5, 5.41) is 0. The van der Waals surface area contributed by atoms with Gasteiger partial charge in [-0.25, -0.2) is 0 Å². The van der Waals surface area contributed by atoms with E-state index in [4.69, 9.17) is 4.74 Å². The van der Waals surface area contributed by atoms with E-state index in [1.165, 1.54) is 11.1 Å². The van der Waals surface area contributed by atoms with Crippen molar-refractivity contribution in [2.75, 3.05) is 13.2 Å². The van der Waals surface area contributed by atoms with Crippen LogP contribution in [0, 0.1) is 6.92 Å². The number of esters is 1. The van der Waals surface area contributed by atoms with Crippen molar-refractivity contribution in [3.63, 3.8) is 0 Å². The molecular weight excluding hydrogens is 266 g/mol. The van der Waals surface area contributed by atoms with Gasteiger partial charge in [0.25, 0.3) is 0 Å². The van der Waals surface area contributed by atoms with Crippen LogP contribution in [0.4, 0.5) is 0 Å². The molecule has 0 radical (unpaired) electrons. The number of carbonyl (C=O) groups excluding carboxylic acids is 2. The number of ether oxygens (including phenoxy) is 1. The highest BCUT2D eigenvalue weighted by atomic mass is 16.5. The minimum atomic E-state index is -0.294. The smallest absolute Gasteiger partial charge is 0.306 e. The topological polar surface area (TPSA) is 46.6 Å². The molecule has 1 amide bonds. The fourth-order valence-electron chi connectivity index (χ4n) is 2.93. The van der Waals surface area contributed by atoms with E-state index in [1.54, 1.807) is 6.92 Å². The first-order valence-electron chi connectivity index (χ1n) is 7.64. The van der Waals surface area contributed by atoms with Crippen LogP contribution in [0.2, 0.25) is 0 Å². The molecule has 21 heavy (non-hydrogen) atoms. The lowest BCUT2D eigenvalue weighted by Gasteiger charge is -2.26. The molecule has 0 aromatic heterocycles. The molecule has 1 atom stereocenters. The van der Waals surface area contributed by atoms with Gasteiger partial charge in [0.15, 0.2) is 0 Å². The first-order chi connectivity index (χ1) is 10.1. The summed E-state index contributed by atoms with van der Waals surface area (Å²) < 4.78 is 4.88. The number of benzene rings is 1. The van der Waals surface area contributed by atoms with E-state index in [9.17, 15) is 9.59 Å². The lowest BCUT2D eigenvalue weighted by molar-refractivity contribution is -0.145. The van der Waals surface area contributed by atoms with E-state index < -0.39 is 0 Å². The predicted molar refractivity (Wildman–Crippen MR) is 80.7 cm³/mol. The summed E-state index contributed by atoms with van der Waals surface area (Å²) in [5.41, 5.74) is 2.44. The van der Waals surface area contributed by atoms with E-state index in [1.807, 2.05) is 17.0 Å². The molecular formula is C17H23NO3. The third-order valence-corrected chi connectivity index (χ3v) is 3.97. The van der Waals surface area contributed by atoms with E-state index in [-0.39, 0.29) is 30.8 Å². The lowest BCUT2D eigenvalue weighted by Crippen LogP contribution is -2.31. The maximum atomic E-state index is 12.4. The van der Waals surface area contributed by atoms with Crippen LogP contribution in [0.25, 0.3) is 0 Å². The molecule has 1 aromatic carbocycles. The first-order valence-corrected chi connectivity index (χ1v) is 7.64. The van der Waals surface area contributed by atoms with Crippen LogP contribution in [0.3, 0.4) is 0 Å². The predicted octanol–water partition coefficient (Wildman–Crippen LogP) is 3.00. The van der Waals surface area contributed by atoms with Gasteiger partial charge in [-0.15, -0.1) is 0 Å². The average Bonchev–Trinajstić information content (AvgIpc) is 2.95. The molecule has 114 valence electrons. The summed E-state index contributed by atoms with van der Waals surface area (Å²) in [6.07, 6.45) is 2.42. The molecule has 1 aromatic rings. The third-order valence-electron chi connectivity index (χ3n) is 3.97. The fourth-order valence-corrected chi connectivity index (χ4v) is 2.93. The third kappa shape index (κ3) is 3.84. The van der Waals surface area contributed by atoms with Gasteiger partial charge in [-0.3, -0.25) is 9.59 Å². The molecule has 2 rings (SSSR count). The Bertz CT molecular complexity index is 513. The highest BCUT2D eigenvalue weighted by molar-refractivity contribution is 5.82. The van der Waals surface area contributed by atoms with Crippen molar-refractivity contribution in [1.82, 2.24) is 4.90 Å². The Morgan fingerprint density at radius 1 is 1.29 bits per heavy atom. The van der Waals surface area contributed by atoms with Crippen molar-refractivity contribution in [2.45, 2.75) is 45.6 Å². The molecule has 1 unspecified atom stereocenters. The zero-order valence-corrected chi connectivity index (χ0v) is 12.8. The molecule has 1 saturated heterocycles. The molecule has 0 N–H and O–H groups in total. The maximum Gasteiger partial charge on any atom is 0.306 e. The zero-order valence-electron chi connectivity index (χ0n) is 12.8. The average molecular weight is 289 g/mol. The summed E-state index contributed by atoms with van der Waals surface area (Å²) in [4.78, 5) is 25.7. The van der Waals surface area contributed by atoms with Gasteiger partial charge in [-0.2, -0.15) is 0 Å². The van der Waals surface area contributed by atoms with Crippen LogP contribution in [0.5, 0.6) is 0 Å². The molecule has 0 saturated carbocycles. The minimum Gasteiger partial charge on any atom is -0.466 e. The Labute approximate surface area is 126 Å². The van der Waals surface area contributed by atoms with Crippen LogP contribution < -0.4 is 0 Å². The number of amides is 1.